The van der Waals surface area contributed by atoms with Gasteiger partial charge in [0.05, 0.1) is 6.54 Å². The van der Waals surface area contributed by atoms with Crippen molar-refractivity contribution in [3.05, 3.63) is 53.0 Å². The number of para-hydroxylation sites is 1. The van der Waals surface area contributed by atoms with Gasteiger partial charge in [0.15, 0.2) is 5.69 Å². The second-order valence-corrected chi connectivity index (χ2v) is 8.46. The van der Waals surface area contributed by atoms with Crippen LogP contribution in [0.3, 0.4) is 0 Å². The number of fused-ring (bicyclic) bond motifs is 2. The molecule has 0 unspecified atom stereocenters. The van der Waals surface area contributed by atoms with Crippen LogP contribution in [-0.4, -0.2) is 50.4 Å². The lowest BCUT2D eigenvalue weighted by Crippen LogP contribution is -2.39. The molecule has 1 saturated carbocycles. The maximum absolute atomic E-state index is 13.2. The van der Waals surface area contributed by atoms with Crippen LogP contribution in [0.1, 0.15) is 58.0 Å². The van der Waals surface area contributed by atoms with E-state index in [0.29, 0.717) is 30.9 Å². The third kappa shape index (κ3) is 2.53. The van der Waals surface area contributed by atoms with E-state index in [4.69, 9.17) is 4.52 Å². The standard InChI is InChI=1S/C22H22N4O3/c27-20(17-12-14-4-1-2-5-16(14)23-17)25-11-6-18-15(13-25)19(24-29-18)21(28)26-10-3-7-22(26)8-9-22/h1-2,4-5,12,23H,3,6-11,13H2. The van der Waals surface area contributed by atoms with E-state index in [9.17, 15) is 9.59 Å². The number of rotatable bonds is 2. The van der Waals surface area contributed by atoms with Crippen LogP contribution in [0.15, 0.2) is 34.9 Å². The summed E-state index contributed by atoms with van der Waals surface area (Å²) >= 11 is 0. The van der Waals surface area contributed by atoms with Gasteiger partial charge in [-0.15, -0.1) is 0 Å². The lowest BCUT2D eigenvalue weighted by molar-refractivity contribution is 0.0690. The smallest absolute Gasteiger partial charge is 0.276 e. The summed E-state index contributed by atoms with van der Waals surface area (Å²) in [6.45, 7) is 1.70. The summed E-state index contributed by atoms with van der Waals surface area (Å²) in [5.74, 6) is 0.634. The lowest BCUT2D eigenvalue weighted by atomic mass is 10.0. The van der Waals surface area contributed by atoms with Gasteiger partial charge in [0, 0.05) is 41.5 Å². The first-order valence-corrected chi connectivity index (χ1v) is 10.3. The second-order valence-electron chi connectivity index (χ2n) is 8.46. The highest BCUT2D eigenvalue weighted by Gasteiger charge is 2.53. The molecule has 1 aromatic carbocycles. The number of amides is 2. The van der Waals surface area contributed by atoms with Crippen molar-refractivity contribution < 1.29 is 14.1 Å². The Morgan fingerprint density at radius 2 is 1.97 bits per heavy atom. The van der Waals surface area contributed by atoms with E-state index in [-0.39, 0.29) is 17.4 Å². The topological polar surface area (TPSA) is 82.4 Å². The van der Waals surface area contributed by atoms with Crippen molar-refractivity contribution in [3.8, 4) is 0 Å². The van der Waals surface area contributed by atoms with Gasteiger partial charge in [-0.1, -0.05) is 23.4 Å². The molecule has 2 aliphatic heterocycles. The van der Waals surface area contributed by atoms with Crippen LogP contribution in [-0.2, 0) is 13.0 Å². The molecule has 0 atom stereocenters. The molecule has 7 nitrogen and oxygen atoms in total. The van der Waals surface area contributed by atoms with Crippen LogP contribution < -0.4 is 0 Å². The van der Waals surface area contributed by atoms with Gasteiger partial charge in [0.1, 0.15) is 11.5 Å². The molecule has 29 heavy (non-hydrogen) atoms. The van der Waals surface area contributed by atoms with Crippen LogP contribution in [0.5, 0.6) is 0 Å². The first-order chi connectivity index (χ1) is 14.1. The van der Waals surface area contributed by atoms with Gasteiger partial charge in [0.2, 0.25) is 0 Å². The number of likely N-dealkylation sites (tertiary alicyclic amines) is 1. The van der Waals surface area contributed by atoms with Gasteiger partial charge in [0.25, 0.3) is 11.8 Å². The average molecular weight is 390 g/mol. The SMILES string of the molecule is O=C(c1cc2ccccc2[nH]1)N1CCc2onc(C(=O)N3CCCC34CC4)c2C1. The molecule has 1 aliphatic carbocycles. The van der Waals surface area contributed by atoms with Gasteiger partial charge < -0.3 is 19.3 Å². The highest BCUT2D eigenvalue weighted by Crippen LogP contribution is 2.50. The van der Waals surface area contributed by atoms with Crippen LogP contribution in [0.2, 0.25) is 0 Å². The van der Waals surface area contributed by atoms with Crippen molar-refractivity contribution in [2.45, 2.75) is 44.2 Å². The molecule has 1 N–H and O–H groups in total. The molecule has 1 spiro atoms. The monoisotopic (exact) mass is 390 g/mol. The van der Waals surface area contributed by atoms with Crippen molar-refractivity contribution in [2.24, 2.45) is 0 Å². The fourth-order valence-corrected chi connectivity index (χ4v) is 4.96. The molecule has 2 amide bonds. The van der Waals surface area contributed by atoms with E-state index < -0.39 is 0 Å². The number of H-pyrrole nitrogens is 1. The van der Waals surface area contributed by atoms with Crippen LogP contribution in [0.4, 0.5) is 0 Å². The number of carbonyl (C=O) groups is 2. The van der Waals surface area contributed by atoms with E-state index in [0.717, 1.165) is 54.5 Å². The predicted octanol–water partition coefficient (Wildman–Crippen LogP) is 3.12. The summed E-state index contributed by atoms with van der Waals surface area (Å²) in [7, 11) is 0. The number of benzene rings is 1. The van der Waals surface area contributed by atoms with E-state index in [1.807, 2.05) is 35.2 Å². The summed E-state index contributed by atoms with van der Waals surface area (Å²) in [5.41, 5.74) is 2.74. The molecule has 0 radical (unpaired) electrons. The summed E-state index contributed by atoms with van der Waals surface area (Å²) in [6.07, 6.45) is 4.89. The Kier molecular flexibility index (Phi) is 3.45. The molecular formula is C22H22N4O3. The number of aromatic nitrogens is 2. The summed E-state index contributed by atoms with van der Waals surface area (Å²) < 4.78 is 5.49. The minimum atomic E-state index is -0.0636. The Morgan fingerprint density at radius 1 is 1.10 bits per heavy atom. The largest absolute Gasteiger partial charge is 0.360 e. The average Bonchev–Trinajstić information content (AvgIpc) is 3.11. The van der Waals surface area contributed by atoms with Crippen LogP contribution >= 0.6 is 0 Å². The number of aromatic amines is 1. The normalized spacial score (nSPS) is 19.7. The van der Waals surface area contributed by atoms with Gasteiger partial charge in [-0.05, 0) is 37.8 Å². The molecule has 2 fully saturated rings. The Labute approximate surface area is 167 Å². The predicted molar refractivity (Wildman–Crippen MR) is 105 cm³/mol. The number of hydrogen-bond donors (Lipinski definition) is 1. The molecule has 148 valence electrons. The van der Waals surface area contributed by atoms with E-state index in [1.54, 1.807) is 4.90 Å². The molecule has 1 saturated heterocycles. The second kappa shape index (κ2) is 5.95. The van der Waals surface area contributed by atoms with Gasteiger partial charge in [-0.2, -0.15) is 0 Å². The fourth-order valence-electron chi connectivity index (χ4n) is 4.96. The Morgan fingerprint density at radius 3 is 2.79 bits per heavy atom. The quantitative estimate of drug-likeness (QED) is 0.729. The Balaban J connectivity index is 1.27. The van der Waals surface area contributed by atoms with E-state index in [1.165, 1.54) is 0 Å². The van der Waals surface area contributed by atoms with Gasteiger partial charge in [-0.25, -0.2) is 0 Å². The molecular weight excluding hydrogens is 368 g/mol. The highest BCUT2D eigenvalue weighted by molar-refractivity contribution is 5.99. The van der Waals surface area contributed by atoms with Crippen molar-refractivity contribution in [3.63, 3.8) is 0 Å². The third-order valence-corrected chi connectivity index (χ3v) is 6.75. The number of nitrogens with one attached hydrogen (secondary N) is 1. The molecule has 2 aromatic heterocycles. The molecule has 3 aromatic rings. The minimum absolute atomic E-state index is 0.0371. The van der Waals surface area contributed by atoms with Crippen molar-refractivity contribution >= 4 is 22.7 Å². The van der Waals surface area contributed by atoms with Crippen molar-refractivity contribution in [1.29, 1.82) is 0 Å². The maximum Gasteiger partial charge on any atom is 0.276 e. The zero-order valence-electron chi connectivity index (χ0n) is 16.1. The Bertz CT molecular complexity index is 1110. The van der Waals surface area contributed by atoms with Gasteiger partial charge in [-0.3, -0.25) is 9.59 Å². The molecule has 6 rings (SSSR count). The molecule has 0 bridgehead atoms. The summed E-state index contributed by atoms with van der Waals surface area (Å²) in [4.78, 5) is 33.3. The number of nitrogens with zero attached hydrogens (tertiary/aromatic N) is 3. The third-order valence-electron chi connectivity index (χ3n) is 6.75. The fraction of sp³-hybridized carbons (Fsp3) is 0.409. The zero-order chi connectivity index (χ0) is 19.6. The lowest BCUT2D eigenvalue weighted by Gasteiger charge is -2.27. The first-order valence-electron chi connectivity index (χ1n) is 10.3. The van der Waals surface area contributed by atoms with Crippen LogP contribution in [0, 0.1) is 0 Å². The van der Waals surface area contributed by atoms with Crippen molar-refractivity contribution in [2.75, 3.05) is 13.1 Å². The summed E-state index contributed by atoms with van der Waals surface area (Å²) in [5, 5.41) is 5.14. The van der Waals surface area contributed by atoms with Gasteiger partial charge >= 0.3 is 0 Å². The van der Waals surface area contributed by atoms with E-state index in [2.05, 4.69) is 10.1 Å². The molecule has 4 heterocycles. The van der Waals surface area contributed by atoms with E-state index >= 15 is 0 Å². The van der Waals surface area contributed by atoms with Crippen molar-refractivity contribution in [1.82, 2.24) is 19.9 Å². The highest BCUT2D eigenvalue weighted by atomic mass is 16.5. The number of hydrogen-bond acceptors (Lipinski definition) is 4. The minimum Gasteiger partial charge on any atom is -0.360 e. The molecule has 7 heteroatoms. The summed E-state index contributed by atoms with van der Waals surface area (Å²) in [6, 6.07) is 9.73. The first kappa shape index (κ1) is 16.8. The zero-order valence-corrected chi connectivity index (χ0v) is 16.1. The molecule has 3 aliphatic rings. The number of carbonyl (C=O) groups excluding carboxylic acids is 2. The Hall–Kier alpha value is -3.09. The maximum atomic E-state index is 13.2. The van der Waals surface area contributed by atoms with Crippen LogP contribution in [0.25, 0.3) is 10.9 Å².